The predicted molar refractivity (Wildman–Crippen MR) is 102 cm³/mol. The molecule has 2 atom stereocenters. The summed E-state index contributed by atoms with van der Waals surface area (Å²) >= 11 is 0. The highest BCUT2D eigenvalue weighted by Crippen LogP contribution is 2.26. The summed E-state index contributed by atoms with van der Waals surface area (Å²) in [5, 5.41) is 3.08. The molecule has 1 aromatic rings. The molecule has 0 spiro atoms. The van der Waals surface area contributed by atoms with Crippen LogP contribution in [0.3, 0.4) is 0 Å². The number of nitrogens with zero attached hydrogens (tertiary/aromatic N) is 2. The van der Waals surface area contributed by atoms with Gasteiger partial charge in [0.05, 0.1) is 12.0 Å². The molecule has 1 aromatic carbocycles. The largest absolute Gasteiger partial charge is 0.349 e. The minimum absolute atomic E-state index is 0.0587. The first-order valence-corrected chi connectivity index (χ1v) is 10.8. The van der Waals surface area contributed by atoms with E-state index >= 15 is 0 Å². The molecule has 0 radical (unpaired) electrons. The Morgan fingerprint density at radius 3 is 2.69 bits per heavy atom. The first-order chi connectivity index (χ1) is 12.3. The van der Waals surface area contributed by atoms with Gasteiger partial charge in [-0.05, 0) is 55.7 Å². The van der Waals surface area contributed by atoms with Crippen LogP contribution in [0.4, 0.5) is 0 Å². The lowest BCUT2D eigenvalue weighted by atomic mass is 9.97. The van der Waals surface area contributed by atoms with E-state index in [-0.39, 0.29) is 24.4 Å². The normalized spacial score (nSPS) is 22.2. The van der Waals surface area contributed by atoms with E-state index in [4.69, 9.17) is 0 Å². The van der Waals surface area contributed by atoms with Crippen molar-refractivity contribution in [1.29, 1.82) is 0 Å². The van der Waals surface area contributed by atoms with Gasteiger partial charge in [0.15, 0.2) is 0 Å². The third-order valence-corrected chi connectivity index (χ3v) is 7.43. The van der Waals surface area contributed by atoms with Crippen LogP contribution in [0.1, 0.15) is 48.9 Å². The quantitative estimate of drug-likeness (QED) is 0.849. The molecule has 26 heavy (non-hydrogen) atoms. The minimum Gasteiger partial charge on any atom is -0.349 e. The van der Waals surface area contributed by atoms with Gasteiger partial charge >= 0.3 is 0 Å². The average Bonchev–Trinajstić information content (AvgIpc) is 3.09. The monoisotopic (exact) mass is 379 g/mol. The molecule has 7 heteroatoms. The van der Waals surface area contributed by atoms with Crippen molar-refractivity contribution < 1.29 is 13.2 Å². The Labute approximate surface area is 156 Å². The standard InChI is InChI=1S/C19H29N3O3S/c1-14(16-10-9-15-6-4-7-17(15)12-16)20-19(23)18-8-5-11-22(13-18)26(24,25)21(2)3/h9-10,12,14,18H,4-8,11,13H2,1-3H3,(H,20,23)/t14-,18-/m1/s1. The van der Waals surface area contributed by atoms with Crippen LogP contribution in [0, 0.1) is 5.92 Å². The number of hydrogen-bond donors (Lipinski definition) is 1. The van der Waals surface area contributed by atoms with Gasteiger partial charge in [-0.15, -0.1) is 0 Å². The first-order valence-electron chi connectivity index (χ1n) is 9.38. The number of fused-ring (bicyclic) bond motifs is 1. The molecule has 1 aliphatic carbocycles. The molecule has 1 fully saturated rings. The third kappa shape index (κ3) is 3.94. The summed E-state index contributed by atoms with van der Waals surface area (Å²) < 4.78 is 27.3. The van der Waals surface area contributed by atoms with Gasteiger partial charge in [0, 0.05) is 27.2 Å². The summed E-state index contributed by atoms with van der Waals surface area (Å²) in [6, 6.07) is 6.40. The number of rotatable bonds is 5. The van der Waals surface area contributed by atoms with Gasteiger partial charge in [-0.3, -0.25) is 4.79 Å². The Kier molecular flexibility index (Phi) is 5.69. The van der Waals surface area contributed by atoms with Crippen LogP contribution in [-0.2, 0) is 27.8 Å². The van der Waals surface area contributed by atoms with Gasteiger partial charge in [0.1, 0.15) is 0 Å². The zero-order valence-corrected chi connectivity index (χ0v) is 16.7. The summed E-state index contributed by atoms with van der Waals surface area (Å²) in [4.78, 5) is 12.7. The lowest BCUT2D eigenvalue weighted by Gasteiger charge is -2.33. The van der Waals surface area contributed by atoms with Gasteiger partial charge in [-0.25, -0.2) is 0 Å². The highest BCUT2D eigenvalue weighted by Gasteiger charge is 2.33. The Hall–Kier alpha value is -1.44. The fraction of sp³-hybridized carbons (Fsp3) is 0.632. The van der Waals surface area contributed by atoms with E-state index in [1.54, 1.807) is 0 Å². The van der Waals surface area contributed by atoms with E-state index in [1.807, 2.05) is 6.92 Å². The van der Waals surface area contributed by atoms with Gasteiger partial charge in [-0.1, -0.05) is 18.2 Å². The predicted octanol–water partition coefficient (Wildman–Crippen LogP) is 1.87. The molecule has 0 aromatic heterocycles. The van der Waals surface area contributed by atoms with Crippen LogP contribution in [-0.4, -0.2) is 50.1 Å². The summed E-state index contributed by atoms with van der Waals surface area (Å²) in [7, 11) is -0.422. The van der Waals surface area contributed by atoms with Crippen molar-refractivity contribution in [1.82, 2.24) is 13.9 Å². The molecule has 1 amide bonds. The summed E-state index contributed by atoms with van der Waals surface area (Å²) in [5.74, 6) is -0.355. The number of carbonyl (C=O) groups is 1. The van der Waals surface area contributed by atoms with Crippen LogP contribution in [0.25, 0.3) is 0 Å². The molecule has 1 aliphatic heterocycles. The third-order valence-electron chi connectivity index (χ3n) is 5.52. The van der Waals surface area contributed by atoms with E-state index in [9.17, 15) is 13.2 Å². The van der Waals surface area contributed by atoms with Crippen molar-refractivity contribution in [3.63, 3.8) is 0 Å². The molecular weight excluding hydrogens is 350 g/mol. The number of aryl methyl sites for hydroxylation is 2. The number of benzene rings is 1. The highest BCUT2D eigenvalue weighted by molar-refractivity contribution is 7.86. The van der Waals surface area contributed by atoms with E-state index in [1.165, 1.54) is 40.3 Å². The molecule has 0 unspecified atom stereocenters. The number of nitrogens with one attached hydrogen (secondary N) is 1. The lowest BCUT2D eigenvalue weighted by molar-refractivity contribution is -0.126. The van der Waals surface area contributed by atoms with Gasteiger partial charge in [0.25, 0.3) is 10.2 Å². The first kappa shape index (κ1) is 19.3. The van der Waals surface area contributed by atoms with Gasteiger partial charge < -0.3 is 5.32 Å². The molecule has 1 N–H and O–H groups in total. The molecular formula is C19H29N3O3S. The van der Waals surface area contributed by atoms with E-state index in [0.29, 0.717) is 13.0 Å². The van der Waals surface area contributed by atoms with Crippen LogP contribution < -0.4 is 5.32 Å². The summed E-state index contributed by atoms with van der Waals surface area (Å²) in [6.07, 6.45) is 4.90. The topological polar surface area (TPSA) is 69.7 Å². The molecule has 1 heterocycles. The maximum Gasteiger partial charge on any atom is 0.281 e. The maximum atomic E-state index is 12.7. The molecule has 0 bridgehead atoms. The zero-order chi connectivity index (χ0) is 18.9. The number of piperidine rings is 1. The molecule has 2 aliphatic rings. The Morgan fingerprint density at radius 2 is 1.96 bits per heavy atom. The number of carbonyl (C=O) groups excluding carboxylic acids is 1. The van der Waals surface area contributed by atoms with Crippen molar-refractivity contribution in [3.8, 4) is 0 Å². The lowest BCUT2D eigenvalue weighted by Crippen LogP contribution is -2.49. The summed E-state index contributed by atoms with van der Waals surface area (Å²) in [6.45, 7) is 2.72. The second kappa shape index (κ2) is 7.66. The molecule has 3 rings (SSSR count). The minimum atomic E-state index is -3.47. The Balaban J connectivity index is 1.64. The SMILES string of the molecule is C[C@@H](NC(=O)[C@@H]1CCCN(S(=O)(=O)N(C)C)C1)c1ccc2c(c1)CCC2. The van der Waals surface area contributed by atoms with Crippen LogP contribution in [0.5, 0.6) is 0 Å². The van der Waals surface area contributed by atoms with Gasteiger partial charge in [-0.2, -0.15) is 17.0 Å². The van der Waals surface area contributed by atoms with Crippen molar-refractivity contribution in [3.05, 3.63) is 34.9 Å². The number of hydrogen-bond acceptors (Lipinski definition) is 3. The van der Waals surface area contributed by atoms with E-state index in [2.05, 4.69) is 23.5 Å². The van der Waals surface area contributed by atoms with Gasteiger partial charge in [0.2, 0.25) is 5.91 Å². The molecule has 1 saturated heterocycles. The number of amides is 1. The average molecular weight is 380 g/mol. The van der Waals surface area contributed by atoms with Crippen molar-refractivity contribution >= 4 is 16.1 Å². The fourth-order valence-corrected chi connectivity index (χ4v) is 5.06. The maximum absolute atomic E-state index is 12.7. The summed E-state index contributed by atoms with van der Waals surface area (Å²) in [5.41, 5.74) is 3.93. The Bertz CT molecular complexity index is 776. The zero-order valence-electron chi connectivity index (χ0n) is 15.9. The van der Waals surface area contributed by atoms with Crippen molar-refractivity contribution in [2.75, 3.05) is 27.2 Å². The van der Waals surface area contributed by atoms with Crippen LogP contribution >= 0.6 is 0 Å². The fourth-order valence-electron chi connectivity index (χ4n) is 3.87. The van der Waals surface area contributed by atoms with E-state index < -0.39 is 10.2 Å². The highest BCUT2D eigenvalue weighted by atomic mass is 32.2. The molecule has 0 saturated carbocycles. The van der Waals surface area contributed by atoms with Crippen molar-refractivity contribution in [2.24, 2.45) is 5.92 Å². The molecule has 144 valence electrons. The second-order valence-corrected chi connectivity index (χ2v) is 9.74. The van der Waals surface area contributed by atoms with Crippen molar-refractivity contribution in [2.45, 2.75) is 45.1 Å². The van der Waals surface area contributed by atoms with E-state index in [0.717, 1.165) is 24.8 Å². The Morgan fingerprint density at radius 1 is 1.23 bits per heavy atom. The van der Waals surface area contributed by atoms with Crippen LogP contribution in [0.15, 0.2) is 18.2 Å². The smallest absolute Gasteiger partial charge is 0.281 e. The molecule has 6 nitrogen and oxygen atoms in total. The second-order valence-electron chi connectivity index (χ2n) is 7.60. The van der Waals surface area contributed by atoms with Crippen LogP contribution in [0.2, 0.25) is 0 Å².